The Morgan fingerprint density at radius 2 is 2.15 bits per heavy atom. The number of fused-ring (bicyclic) bond motifs is 2. The molecular weight excluding hydrogens is 356 g/mol. The van der Waals surface area contributed by atoms with Crippen molar-refractivity contribution < 1.29 is 14.4 Å². The Balaban J connectivity index is 1.33. The molecule has 4 atom stereocenters. The maximum atomic E-state index is 12.2. The van der Waals surface area contributed by atoms with E-state index in [9.17, 15) is 9.90 Å². The number of hydrogen-bond donors (Lipinski definition) is 3. The first-order valence-corrected chi connectivity index (χ1v) is 8.92. The number of carbonyl (C=O) groups excluding carboxylic acids is 1. The van der Waals surface area contributed by atoms with Gasteiger partial charge in [-0.1, -0.05) is 16.8 Å². The number of nitrogens with zero attached hydrogens (tertiary/aromatic N) is 2. The molecule has 2 aromatic heterocycles. The Morgan fingerprint density at radius 3 is 2.85 bits per heavy atom. The third kappa shape index (κ3) is 2.34. The minimum Gasteiger partial charge on any atom is -0.385 e. The quantitative estimate of drug-likeness (QED) is 0.655. The summed E-state index contributed by atoms with van der Waals surface area (Å²) in [6.07, 6.45) is 2.89. The second-order valence-electron chi connectivity index (χ2n) is 7.37. The van der Waals surface area contributed by atoms with Crippen molar-refractivity contribution in [3.05, 3.63) is 46.4 Å². The maximum Gasteiger partial charge on any atom is 0.273 e. The van der Waals surface area contributed by atoms with Crippen LogP contribution in [-0.4, -0.2) is 32.4 Å². The highest BCUT2D eigenvalue weighted by molar-refractivity contribution is 6.31. The van der Waals surface area contributed by atoms with Crippen LogP contribution in [0, 0.1) is 18.8 Å². The summed E-state index contributed by atoms with van der Waals surface area (Å²) in [6, 6.07) is 5.30. The molecule has 0 bridgehead atoms. The summed E-state index contributed by atoms with van der Waals surface area (Å²) in [5.74, 6) is 0.867. The molecule has 1 amide bonds. The number of rotatable bonds is 3. The van der Waals surface area contributed by atoms with Crippen LogP contribution in [-0.2, 0) is 5.60 Å². The Hall–Kier alpha value is -2.38. The lowest BCUT2D eigenvalue weighted by molar-refractivity contribution is 0.0292. The van der Waals surface area contributed by atoms with Crippen molar-refractivity contribution in [1.29, 1.82) is 0 Å². The van der Waals surface area contributed by atoms with Crippen molar-refractivity contribution >= 4 is 28.4 Å². The van der Waals surface area contributed by atoms with Gasteiger partial charge in [0.15, 0.2) is 5.69 Å². The third-order valence-corrected chi connectivity index (χ3v) is 5.88. The summed E-state index contributed by atoms with van der Waals surface area (Å²) in [6.45, 7) is 1.75. The number of halogens is 1. The third-order valence-electron chi connectivity index (χ3n) is 5.66. The van der Waals surface area contributed by atoms with Crippen LogP contribution in [0.25, 0.3) is 10.9 Å². The van der Waals surface area contributed by atoms with Crippen LogP contribution in [0.2, 0.25) is 5.02 Å². The van der Waals surface area contributed by atoms with Crippen LogP contribution < -0.4 is 5.32 Å². The summed E-state index contributed by atoms with van der Waals surface area (Å²) in [5, 5.41) is 26.4. The lowest BCUT2D eigenvalue weighted by atomic mass is 9.86. The smallest absolute Gasteiger partial charge is 0.273 e. The van der Waals surface area contributed by atoms with Crippen LogP contribution in [0.3, 0.4) is 0 Å². The van der Waals surface area contributed by atoms with Gasteiger partial charge in [-0.05, 0) is 49.3 Å². The van der Waals surface area contributed by atoms with E-state index in [4.69, 9.17) is 16.1 Å². The van der Waals surface area contributed by atoms with Gasteiger partial charge in [0.25, 0.3) is 5.91 Å². The minimum absolute atomic E-state index is 0.0683. The van der Waals surface area contributed by atoms with E-state index in [0.29, 0.717) is 23.6 Å². The van der Waals surface area contributed by atoms with Crippen LogP contribution in [0.5, 0.6) is 0 Å². The van der Waals surface area contributed by atoms with E-state index in [1.807, 2.05) is 6.07 Å². The van der Waals surface area contributed by atoms with Gasteiger partial charge >= 0.3 is 0 Å². The number of H-pyrrole nitrogens is 1. The summed E-state index contributed by atoms with van der Waals surface area (Å²) in [5.41, 5.74) is 0.956. The standard InChI is InChI=1S/C18H17ClN4O3/c1-8-2-15(23-26-8)17(24)21-16-10-5-18(25,6-11(10)16)13-3-9(19)4-14-12(13)7-20-22-14/h2-4,7,10-11,16,25H,5-6H2,1H3,(H,20,22)(H,21,24)/t10-,11+,16?,18?. The van der Waals surface area contributed by atoms with Gasteiger partial charge in [-0.2, -0.15) is 5.10 Å². The first-order valence-electron chi connectivity index (χ1n) is 8.54. The minimum atomic E-state index is -0.950. The summed E-state index contributed by atoms with van der Waals surface area (Å²) in [7, 11) is 0. The molecular formula is C18H17ClN4O3. The topological polar surface area (TPSA) is 104 Å². The Labute approximate surface area is 153 Å². The SMILES string of the molecule is Cc1cc(C(=O)NC2[C@H]3CC(O)(c4cc(Cl)cc5[nH]ncc45)C[C@@H]23)no1. The molecule has 8 heteroatoms. The van der Waals surface area contributed by atoms with Crippen LogP contribution in [0.4, 0.5) is 0 Å². The van der Waals surface area contributed by atoms with E-state index in [2.05, 4.69) is 20.7 Å². The molecule has 2 fully saturated rings. The zero-order valence-electron chi connectivity index (χ0n) is 14.0. The van der Waals surface area contributed by atoms with Crippen molar-refractivity contribution in [2.75, 3.05) is 0 Å². The van der Waals surface area contributed by atoms with E-state index >= 15 is 0 Å². The van der Waals surface area contributed by atoms with Gasteiger partial charge in [0, 0.05) is 22.5 Å². The fourth-order valence-electron chi connectivity index (χ4n) is 4.40. The predicted octanol–water partition coefficient (Wildman–Crippen LogP) is 2.54. The molecule has 2 unspecified atom stereocenters. The zero-order valence-corrected chi connectivity index (χ0v) is 14.7. The molecule has 2 aliphatic carbocycles. The second kappa shape index (κ2) is 5.31. The Kier molecular flexibility index (Phi) is 3.24. The van der Waals surface area contributed by atoms with Gasteiger partial charge in [-0.15, -0.1) is 0 Å². The van der Waals surface area contributed by atoms with Crippen LogP contribution in [0.1, 0.15) is 34.7 Å². The number of aromatic amines is 1. The van der Waals surface area contributed by atoms with Gasteiger partial charge in [0.1, 0.15) is 5.76 Å². The Bertz CT molecular complexity index is 1010. The largest absolute Gasteiger partial charge is 0.385 e. The first kappa shape index (κ1) is 15.8. The van der Waals surface area contributed by atoms with Crippen LogP contribution in [0.15, 0.2) is 28.9 Å². The zero-order chi connectivity index (χ0) is 18.1. The molecule has 3 N–H and O–H groups in total. The highest BCUT2D eigenvalue weighted by atomic mass is 35.5. The average Bonchev–Trinajstić information content (AvgIpc) is 3.06. The fraction of sp³-hybridized carbons (Fsp3) is 0.389. The summed E-state index contributed by atoms with van der Waals surface area (Å²) >= 11 is 6.20. The number of amides is 1. The van der Waals surface area contributed by atoms with Gasteiger partial charge in [0.2, 0.25) is 0 Å². The van der Waals surface area contributed by atoms with Crippen molar-refractivity contribution in [2.24, 2.45) is 11.8 Å². The molecule has 3 aromatic rings. The van der Waals surface area contributed by atoms with Gasteiger partial charge in [-0.25, -0.2) is 0 Å². The molecule has 2 heterocycles. The van der Waals surface area contributed by atoms with E-state index in [-0.39, 0.29) is 29.5 Å². The molecule has 0 radical (unpaired) electrons. The van der Waals surface area contributed by atoms with Crippen molar-refractivity contribution in [3.8, 4) is 0 Å². The molecule has 26 heavy (non-hydrogen) atoms. The van der Waals surface area contributed by atoms with Crippen LogP contribution >= 0.6 is 11.6 Å². The lowest BCUT2D eigenvalue weighted by Crippen LogP contribution is -2.33. The molecule has 0 aliphatic heterocycles. The normalized spacial score (nSPS) is 29.7. The molecule has 5 rings (SSSR count). The molecule has 1 aromatic carbocycles. The van der Waals surface area contributed by atoms with E-state index < -0.39 is 5.60 Å². The van der Waals surface area contributed by atoms with E-state index in [0.717, 1.165) is 16.5 Å². The van der Waals surface area contributed by atoms with Crippen molar-refractivity contribution in [1.82, 2.24) is 20.7 Å². The van der Waals surface area contributed by atoms with E-state index in [1.54, 1.807) is 25.3 Å². The van der Waals surface area contributed by atoms with E-state index in [1.165, 1.54) is 0 Å². The second-order valence-corrected chi connectivity index (χ2v) is 7.81. The van der Waals surface area contributed by atoms with Gasteiger partial charge < -0.3 is 14.9 Å². The number of aryl methyl sites for hydroxylation is 1. The van der Waals surface area contributed by atoms with Crippen molar-refractivity contribution in [2.45, 2.75) is 31.4 Å². The highest BCUT2D eigenvalue weighted by Gasteiger charge is 2.62. The molecule has 0 spiro atoms. The molecule has 2 aliphatic rings. The molecule has 0 saturated heterocycles. The van der Waals surface area contributed by atoms with Gasteiger partial charge in [0.05, 0.1) is 17.3 Å². The lowest BCUT2D eigenvalue weighted by Gasteiger charge is -2.27. The van der Waals surface area contributed by atoms with Crippen molar-refractivity contribution in [3.63, 3.8) is 0 Å². The number of hydrogen-bond acceptors (Lipinski definition) is 5. The number of nitrogens with one attached hydrogen (secondary N) is 2. The maximum absolute atomic E-state index is 12.2. The molecule has 2 saturated carbocycles. The number of aromatic nitrogens is 3. The monoisotopic (exact) mass is 372 g/mol. The fourth-order valence-corrected chi connectivity index (χ4v) is 4.62. The highest BCUT2D eigenvalue weighted by Crippen LogP contribution is 2.60. The Morgan fingerprint density at radius 1 is 1.38 bits per heavy atom. The average molecular weight is 373 g/mol. The van der Waals surface area contributed by atoms with Gasteiger partial charge in [-0.3, -0.25) is 9.89 Å². The molecule has 134 valence electrons. The summed E-state index contributed by atoms with van der Waals surface area (Å²) in [4.78, 5) is 12.2. The number of aliphatic hydroxyl groups is 1. The summed E-state index contributed by atoms with van der Waals surface area (Å²) < 4.78 is 4.94. The predicted molar refractivity (Wildman–Crippen MR) is 93.7 cm³/mol. The number of carbonyl (C=O) groups is 1. The molecule has 7 nitrogen and oxygen atoms in total. The first-order chi connectivity index (χ1) is 12.4. The number of benzene rings is 1.